The van der Waals surface area contributed by atoms with Gasteiger partial charge < -0.3 is 15.5 Å². The summed E-state index contributed by atoms with van der Waals surface area (Å²) in [7, 11) is 0. The predicted molar refractivity (Wildman–Crippen MR) is 75.9 cm³/mol. The second-order valence-electron chi connectivity index (χ2n) is 4.56. The van der Waals surface area contributed by atoms with Crippen LogP contribution in [-0.2, 0) is 6.54 Å². The molecule has 1 aromatic heterocycles. The zero-order chi connectivity index (χ0) is 13.0. The molecule has 98 valence electrons. The van der Waals surface area contributed by atoms with Crippen molar-refractivity contribution in [3.8, 4) is 0 Å². The lowest BCUT2D eigenvalue weighted by atomic mass is 9.98. The Bertz CT molecular complexity index is 497. The van der Waals surface area contributed by atoms with Crippen molar-refractivity contribution in [3.05, 3.63) is 35.2 Å². The molecule has 2 aromatic rings. The molecule has 3 nitrogen and oxygen atoms in total. The Hall–Kier alpha value is -0.940. The Labute approximate surface area is 111 Å². The van der Waals surface area contributed by atoms with E-state index >= 15 is 0 Å². The Kier molecular flexibility index (Phi) is 4.35. The summed E-state index contributed by atoms with van der Waals surface area (Å²) < 4.78 is 1.27. The average Bonchev–Trinajstić information content (AvgIpc) is 2.85. The molecule has 0 radical (unpaired) electrons. The highest BCUT2D eigenvalue weighted by Crippen LogP contribution is 2.26. The van der Waals surface area contributed by atoms with Crippen LogP contribution in [0.2, 0.25) is 0 Å². The summed E-state index contributed by atoms with van der Waals surface area (Å²) in [5.74, 6) is 0. The van der Waals surface area contributed by atoms with E-state index in [4.69, 9.17) is 0 Å². The van der Waals surface area contributed by atoms with Crippen LogP contribution >= 0.6 is 11.3 Å². The highest BCUT2D eigenvalue weighted by Gasteiger charge is 2.25. The minimum atomic E-state index is -0.580. The van der Waals surface area contributed by atoms with E-state index in [9.17, 15) is 10.2 Å². The summed E-state index contributed by atoms with van der Waals surface area (Å²) in [5, 5.41) is 25.5. The van der Waals surface area contributed by atoms with Gasteiger partial charge in [-0.25, -0.2) is 0 Å². The van der Waals surface area contributed by atoms with Gasteiger partial charge in [-0.15, -0.1) is 11.3 Å². The molecule has 0 aliphatic rings. The van der Waals surface area contributed by atoms with Crippen molar-refractivity contribution in [2.45, 2.75) is 25.4 Å². The maximum absolute atomic E-state index is 9.40. The zero-order valence-corrected chi connectivity index (χ0v) is 11.3. The highest BCUT2D eigenvalue weighted by atomic mass is 32.1. The van der Waals surface area contributed by atoms with Gasteiger partial charge in [0.15, 0.2) is 0 Å². The normalized spacial score (nSPS) is 12.2. The van der Waals surface area contributed by atoms with Gasteiger partial charge >= 0.3 is 0 Å². The summed E-state index contributed by atoms with van der Waals surface area (Å²) in [6, 6.07) is 8.28. The van der Waals surface area contributed by atoms with Crippen LogP contribution in [0.5, 0.6) is 0 Å². The standard InChI is InChI=1S/C14H19NO2S/c1-2-14(9-16,10-17)15-7-11-8-18-13-6-4-3-5-12(11)13/h3-6,8,15-17H,2,7,9-10H2,1H3. The molecule has 0 aliphatic carbocycles. The number of fused-ring (bicyclic) bond motifs is 1. The van der Waals surface area contributed by atoms with Gasteiger partial charge in [-0.3, -0.25) is 0 Å². The van der Waals surface area contributed by atoms with Crippen molar-refractivity contribution in [2.75, 3.05) is 13.2 Å². The van der Waals surface area contributed by atoms with E-state index in [-0.39, 0.29) is 13.2 Å². The highest BCUT2D eigenvalue weighted by molar-refractivity contribution is 7.17. The van der Waals surface area contributed by atoms with Crippen LogP contribution in [0, 0.1) is 0 Å². The lowest BCUT2D eigenvalue weighted by Crippen LogP contribution is -2.50. The Morgan fingerprint density at radius 1 is 1.22 bits per heavy atom. The largest absolute Gasteiger partial charge is 0.394 e. The molecular formula is C14H19NO2S. The second-order valence-corrected chi connectivity index (χ2v) is 5.47. The molecule has 0 fully saturated rings. The third kappa shape index (κ3) is 2.57. The van der Waals surface area contributed by atoms with Crippen LogP contribution in [0.3, 0.4) is 0 Å². The Morgan fingerprint density at radius 2 is 1.94 bits per heavy atom. The molecular weight excluding hydrogens is 246 g/mol. The second kappa shape index (κ2) is 5.80. The molecule has 0 saturated carbocycles. The van der Waals surface area contributed by atoms with Crippen LogP contribution in [0.4, 0.5) is 0 Å². The molecule has 0 spiro atoms. The van der Waals surface area contributed by atoms with Gasteiger partial charge in [0.2, 0.25) is 0 Å². The number of hydrogen-bond acceptors (Lipinski definition) is 4. The summed E-state index contributed by atoms with van der Waals surface area (Å²) >= 11 is 1.72. The van der Waals surface area contributed by atoms with Gasteiger partial charge in [0, 0.05) is 11.2 Å². The molecule has 0 saturated heterocycles. The summed E-state index contributed by atoms with van der Waals surface area (Å²) in [6.07, 6.45) is 0.696. The number of aliphatic hydroxyl groups excluding tert-OH is 2. The van der Waals surface area contributed by atoms with E-state index in [0.717, 1.165) is 0 Å². The molecule has 18 heavy (non-hydrogen) atoms. The monoisotopic (exact) mass is 265 g/mol. The molecule has 0 amide bonds. The van der Waals surface area contributed by atoms with Crippen molar-refractivity contribution in [1.82, 2.24) is 5.32 Å². The number of nitrogens with one attached hydrogen (secondary N) is 1. The molecule has 0 aliphatic heterocycles. The van der Waals surface area contributed by atoms with Gasteiger partial charge in [-0.2, -0.15) is 0 Å². The fourth-order valence-corrected chi connectivity index (χ4v) is 2.93. The van der Waals surface area contributed by atoms with E-state index in [1.54, 1.807) is 11.3 Å². The smallest absolute Gasteiger partial charge is 0.0648 e. The minimum Gasteiger partial charge on any atom is -0.394 e. The maximum Gasteiger partial charge on any atom is 0.0648 e. The summed E-state index contributed by atoms with van der Waals surface area (Å²) in [5.41, 5.74) is 0.638. The molecule has 0 bridgehead atoms. The number of rotatable bonds is 6. The third-order valence-electron chi connectivity index (χ3n) is 3.50. The molecule has 1 heterocycles. The van der Waals surface area contributed by atoms with E-state index in [1.807, 2.05) is 19.1 Å². The topological polar surface area (TPSA) is 52.5 Å². The van der Waals surface area contributed by atoms with Gasteiger partial charge in [0.1, 0.15) is 0 Å². The lowest BCUT2D eigenvalue weighted by Gasteiger charge is -2.29. The Balaban J connectivity index is 2.14. The lowest BCUT2D eigenvalue weighted by molar-refractivity contribution is 0.0865. The number of hydrogen-bond donors (Lipinski definition) is 3. The maximum atomic E-state index is 9.40. The number of aliphatic hydroxyl groups is 2. The minimum absolute atomic E-state index is 0.0535. The first-order valence-corrected chi connectivity index (χ1v) is 7.04. The fourth-order valence-electron chi connectivity index (χ4n) is 1.96. The first-order chi connectivity index (χ1) is 8.74. The zero-order valence-electron chi connectivity index (χ0n) is 10.5. The molecule has 2 rings (SSSR count). The van der Waals surface area contributed by atoms with Gasteiger partial charge in [0.25, 0.3) is 0 Å². The molecule has 4 heteroatoms. The van der Waals surface area contributed by atoms with Crippen LogP contribution < -0.4 is 5.32 Å². The first-order valence-electron chi connectivity index (χ1n) is 6.16. The first kappa shape index (κ1) is 13.5. The van der Waals surface area contributed by atoms with Crippen molar-refractivity contribution in [2.24, 2.45) is 0 Å². The SMILES string of the molecule is CCC(CO)(CO)NCc1csc2ccccc12. The molecule has 3 N–H and O–H groups in total. The third-order valence-corrected chi connectivity index (χ3v) is 4.51. The van der Waals surface area contributed by atoms with Crippen molar-refractivity contribution >= 4 is 21.4 Å². The van der Waals surface area contributed by atoms with Gasteiger partial charge in [-0.1, -0.05) is 25.1 Å². The Morgan fingerprint density at radius 3 is 2.61 bits per heavy atom. The van der Waals surface area contributed by atoms with Crippen molar-refractivity contribution < 1.29 is 10.2 Å². The van der Waals surface area contributed by atoms with Crippen LogP contribution in [0.15, 0.2) is 29.6 Å². The van der Waals surface area contributed by atoms with Crippen LogP contribution in [0.1, 0.15) is 18.9 Å². The van der Waals surface area contributed by atoms with E-state index in [1.165, 1.54) is 15.6 Å². The fraction of sp³-hybridized carbons (Fsp3) is 0.429. The van der Waals surface area contributed by atoms with Crippen LogP contribution in [-0.4, -0.2) is 29.0 Å². The number of thiophene rings is 1. The van der Waals surface area contributed by atoms with E-state index in [2.05, 4.69) is 22.8 Å². The molecule has 0 unspecified atom stereocenters. The quantitative estimate of drug-likeness (QED) is 0.750. The van der Waals surface area contributed by atoms with Gasteiger partial charge in [-0.05, 0) is 28.8 Å². The predicted octanol–water partition coefficient (Wildman–Crippen LogP) is 2.12. The number of benzene rings is 1. The van der Waals surface area contributed by atoms with Crippen molar-refractivity contribution in [1.29, 1.82) is 0 Å². The van der Waals surface area contributed by atoms with Gasteiger partial charge in [0.05, 0.1) is 18.8 Å². The average molecular weight is 265 g/mol. The van der Waals surface area contributed by atoms with E-state index < -0.39 is 5.54 Å². The molecule has 0 atom stereocenters. The van der Waals surface area contributed by atoms with Crippen molar-refractivity contribution in [3.63, 3.8) is 0 Å². The molecule has 1 aromatic carbocycles. The van der Waals surface area contributed by atoms with Crippen LogP contribution in [0.25, 0.3) is 10.1 Å². The summed E-state index contributed by atoms with van der Waals surface area (Å²) in [6.45, 7) is 2.52. The van der Waals surface area contributed by atoms with E-state index in [0.29, 0.717) is 13.0 Å². The summed E-state index contributed by atoms with van der Waals surface area (Å²) in [4.78, 5) is 0.